The number of Topliss-reactive ketones (excluding diaryl/α,β-unsaturated/α-hetero) is 1. The maximum atomic E-state index is 13.9. The number of carbonyl (C=O) groups excluding carboxylic acids is 3. The number of esters is 1. The Kier molecular flexibility index (Phi) is 8.65. The first-order valence-electron chi connectivity index (χ1n) is 12.7. The fraction of sp³-hybridized carbons (Fsp3) is 0.286. The van der Waals surface area contributed by atoms with Gasteiger partial charge in [0.1, 0.15) is 22.7 Å². The first-order valence-corrected chi connectivity index (χ1v) is 13.5. The van der Waals surface area contributed by atoms with Gasteiger partial charge >= 0.3 is 12.6 Å². The van der Waals surface area contributed by atoms with Crippen molar-refractivity contribution in [3.8, 4) is 11.5 Å². The van der Waals surface area contributed by atoms with Gasteiger partial charge in [0.05, 0.1) is 17.9 Å². The summed E-state index contributed by atoms with van der Waals surface area (Å²) in [5.74, 6) is -6.19. The lowest BCUT2D eigenvalue weighted by Crippen LogP contribution is -2.36. The van der Waals surface area contributed by atoms with Crippen molar-refractivity contribution in [1.82, 2.24) is 0 Å². The van der Waals surface area contributed by atoms with Gasteiger partial charge in [0.2, 0.25) is 0 Å². The molecule has 1 fully saturated rings. The van der Waals surface area contributed by atoms with Gasteiger partial charge in [0, 0.05) is 18.1 Å². The number of ketones is 1. The molecular formula is C28H20Cl2F4N2O7. The van der Waals surface area contributed by atoms with Crippen LogP contribution in [0.1, 0.15) is 40.4 Å². The molecule has 15 heteroatoms. The van der Waals surface area contributed by atoms with Gasteiger partial charge in [-0.15, -0.1) is 0 Å². The number of hydrogen-bond donors (Lipinski definition) is 0. The van der Waals surface area contributed by atoms with Gasteiger partial charge in [-0.1, -0.05) is 29.3 Å². The molecule has 226 valence electrons. The van der Waals surface area contributed by atoms with Crippen LogP contribution in [-0.4, -0.2) is 37.4 Å². The summed E-state index contributed by atoms with van der Waals surface area (Å²) in [4.78, 5) is 38.7. The fourth-order valence-electron chi connectivity index (χ4n) is 4.43. The lowest BCUT2D eigenvalue weighted by atomic mass is 10.0. The molecule has 2 aliphatic rings. The van der Waals surface area contributed by atoms with Crippen molar-refractivity contribution in [1.29, 1.82) is 0 Å². The van der Waals surface area contributed by atoms with E-state index in [0.29, 0.717) is 21.8 Å². The van der Waals surface area contributed by atoms with Crippen molar-refractivity contribution < 1.29 is 50.9 Å². The number of alkyl halides is 2. The van der Waals surface area contributed by atoms with Crippen LogP contribution in [0, 0.1) is 22.8 Å². The van der Waals surface area contributed by atoms with Crippen LogP contribution in [0.5, 0.6) is 11.5 Å². The van der Waals surface area contributed by atoms with E-state index in [1.54, 1.807) is 0 Å². The smallest absolute Gasteiger partial charge is 0.387 e. The molecule has 5 rings (SSSR count). The molecule has 0 unspecified atom stereocenters. The molecule has 9 nitrogen and oxygen atoms in total. The van der Waals surface area contributed by atoms with Crippen molar-refractivity contribution in [2.24, 2.45) is 5.92 Å². The number of ether oxygens (including phenoxy) is 3. The summed E-state index contributed by atoms with van der Waals surface area (Å²) in [7, 11) is 0. The van der Waals surface area contributed by atoms with Crippen molar-refractivity contribution in [3.05, 3.63) is 86.3 Å². The summed E-state index contributed by atoms with van der Waals surface area (Å²) in [6.45, 7) is -3.78. The molecule has 1 aromatic heterocycles. The second-order valence-corrected chi connectivity index (χ2v) is 10.6. The zero-order chi connectivity index (χ0) is 31.0. The Balaban J connectivity index is 1.46. The number of fused-ring (bicyclic) bond motifs is 1. The SMILES string of the molecule is O=C(CN1C(=O)C(=O)c2cc(F)c(F)cc21)O[C@@H](Cc1c(Cl)c[n+]([O-])cc1Cl)c1ccc(OC(F)F)c(OCC2CC2)c1. The average Bonchev–Trinajstić information content (AvgIpc) is 3.74. The Labute approximate surface area is 251 Å². The molecule has 0 radical (unpaired) electrons. The molecule has 0 spiro atoms. The molecular weight excluding hydrogens is 623 g/mol. The van der Waals surface area contributed by atoms with Gasteiger partial charge < -0.3 is 19.4 Å². The van der Waals surface area contributed by atoms with Crippen LogP contribution >= 0.6 is 23.2 Å². The summed E-state index contributed by atoms with van der Waals surface area (Å²) >= 11 is 12.5. The van der Waals surface area contributed by atoms with Crippen molar-refractivity contribution >= 4 is 46.5 Å². The van der Waals surface area contributed by atoms with Crippen molar-refractivity contribution in [2.75, 3.05) is 18.1 Å². The van der Waals surface area contributed by atoms with Crippen LogP contribution in [0.3, 0.4) is 0 Å². The van der Waals surface area contributed by atoms with Crippen molar-refractivity contribution in [3.63, 3.8) is 0 Å². The van der Waals surface area contributed by atoms with Gasteiger partial charge in [0.15, 0.2) is 35.5 Å². The lowest BCUT2D eigenvalue weighted by Gasteiger charge is -2.23. The van der Waals surface area contributed by atoms with Crippen LogP contribution in [0.15, 0.2) is 42.7 Å². The Morgan fingerprint density at radius 1 is 1.05 bits per heavy atom. The third-order valence-electron chi connectivity index (χ3n) is 6.75. The number of rotatable bonds is 11. The van der Waals surface area contributed by atoms with E-state index in [1.807, 2.05) is 0 Å². The molecule has 1 aliphatic carbocycles. The van der Waals surface area contributed by atoms with E-state index < -0.39 is 54.1 Å². The molecule has 1 aliphatic heterocycles. The molecule has 2 heterocycles. The number of halogens is 6. The number of benzene rings is 2. The lowest BCUT2D eigenvalue weighted by molar-refractivity contribution is -0.605. The van der Waals surface area contributed by atoms with Gasteiger partial charge in [-0.2, -0.15) is 13.5 Å². The third-order valence-corrected chi connectivity index (χ3v) is 7.40. The number of amides is 1. The number of anilines is 1. The van der Waals surface area contributed by atoms with E-state index in [1.165, 1.54) is 18.2 Å². The van der Waals surface area contributed by atoms with E-state index in [0.717, 1.165) is 25.2 Å². The normalized spacial score (nSPS) is 15.1. The number of carbonyl (C=O) groups is 3. The van der Waals surface area contributed by atoms with Crippen LogP contribution in [0.2, 0.25) is 10.0 Å². The Morgan fingerprint density at radius 3 is 2.37 bits per heavy atom. The highest BCUT2D eigenvalue weighted by Gasteiger charge is 2.39. The predicted molar refractivity (Wildman–Crippen MR) is 142 cm³/mol. The highest BCUT2D eigenvalue weighted by atomic mass is 35.5. The zero-order valence-corrected chi connectivity index (χ0v) is 23.3. The largest absolute Gasteiger partial charge is 0.619 e. The number of pyridine rings is 1. The molecule has 0 bridgehead atoms. The Bertz CT molecular complexity index is 1600. The molecule has 3 aromatic rings. The van der Waals surface area contributed by atoms with E-state index in [2.05, 4.69) is 4.74 Å². The molecule has 1 amide bonds. The third kappa shape index (κ3) is 6.78. The van der Waals surface area contributed by atoms with Gasteiger partial charge in [-0.3, -0.25) is 19.3 Å². The summed E-state index contributed by atoms with van der Waals surface area (Å²) in [5.41, 5.74) is -0.337. The standard InChI is InChI=1S/C28H20Cl2F4N2O7/c29-17-9-35(40)10-18(30)15(17)7-23(14-3-4-22(43-28(33)34)24(5-14)41-12-13-1-2-13)42-25(37)11-36-21-8-20(32)19(31)6-16(21)26(38)27(36)39/h3-6,8-10,13,23,28H,1-2,7,11-12H2/t23-/m0/s1. The van der Waals surface area contributed by atoms with Crippen LogP contribution in [-0.2, 0) is 20.7 Å². The summed E-state index contributed by atoms with van der Waals surface area (Å²) in [6, 6.07) is 5.03. The van der Waals surface area contributed by atoms with Gasteiger partial charge in [-0.25, -0.2) is 8.78 Å². The maximum absolute atomic E-state index is 13.9. The molecule has 1 atom stereocenters. The van der Waals surface area contributed by atoms with Gasteiger partial charge in [-0.05, 0) is 42.5 Å². The van der Waals surface area contributed by atoms with Gasteiger partial charge in [0.25, 0.3) is 11.7 Å². The molecule has 1 saturated carbocycles. The Hall–Kier alpha value is -4.10. The zero-order valence-electron chi connectivity index (χ0n) is 21.8. The second kappa shape index (κ2) is 12.3. The minimum Gasteiger partial charge on any atom is -0.619 e. The monoisotopic (exact) mass is 642 g/mol. The maximum Gasteiger partial charge on any atom is 0.387 e. The highest BCUT2D eigenvalue weighted by Crippen LogP contribution is 2.38. The molecule has 2 aromatic carbocycles. The first-order chi connectivity index (χ1) is 20.4. The first kappa shape index (κ1) is 30.4. The summed E-state index contributed by atoms with van der Waals surface area (Å²) < 4.78 is 70.0. The van der Waals surface area contributed by atoms with Crippen LogP contribution in [0.4, 0.5) is 23.2 Å². The number of hydrogen-bond acceptors (Lipinski definition) is 7. The highest BCUT2D eigenvalue weighted by molar-refractivity contribution is 6.52. The quantitative estimate of drug-likeness (QED) is 0.0912. The Morgan fingerprint density at radius 2 is 1.72 bits per heavy atom. The molecule has 0 saturated heterocycles. The summed E-state index contributed by atoms with van der Waals surface area (Å²) in [5, 5.41) is 11.6. The van der Waals surface area contributed by atoms with Crippen molar-refractivity contribution in [2.45, 2.75) is 32.0 Å². The van der Waals surface area contributed by atoms with E-state index in [-0.39, 0.29) is 57.3 Å². The molecule has 0 N–H and O–H groups in total. The predicted octanol–water partition coefficient (Wildman–Crippen LogP) is 5.35. The second-order valence-electron chi connectivity index (χ2n) is 9.82. The number of nitrogens with zero attached hydrogens (tertiary/aromatic N) is 2. The van der Waals surface area contributed by atoms with Crippen LogP contribution in [0.25, 0.3) is 0 Å². The topological polar surface area (TPSA) is 109 Å². The van der Waals surface area contributed by atoms with E-state index in [4.69, 9.17) is 32.7 Å². The molecule has 43 heavy (non-hydrogen) atoms. The van der Waals surface area contributed by atoms with Crippen LogP contribution < -0.4 is 19.1 Å². The van der Waals surface area contributed by atoms with E-state index in [9.17, 15) is 37.2 Å². The summed E-state index contributed by atoms with van der Waals surface area (Å²) in [6.07, 6.45) is 2.37. The van der Waals surface area contributed by atoms with E-state index >= 15 is 0 Å². The minimum atomic E-state index is -3.15. The number of aromatic nitrogens is 1. The minimum absolute atomic E-state index is 0.0554. The fourth-order valence-corrected chi connectivity index (χ4v) is 5.03. The average molecular weight is 643 g/mol.